The fraction of sp³-hybridized carbons (Fsp3) is 0.439. The van der Waals surface area contributed by atoms with Crippen LogP contribution in [-0.2, 0) is 4.79 Å². The number of hydrogen-bond donors (Lipinski definition) is 3. The number of aromatic nitrogens is 1. The number of fused-ring (bicyclic) bond motifs is 2. The van der Waals surface area contributed by atoms with Crippen molar-refractivity contribution in [2.45, 2.75) is 46.2 Å². The summed E-state index contributed by atoms with van der Waals surface area (Å²) < 4.78 is 11.0. The molecule has 0 radical (unpaired) electrons. The van der Waals surface area contributed by atoms with Gasteiger partial charge in [0.05, 0.1) is 21.2 Å². The van der Waals surface area contributed by atoms with E-state index in [-0.39, 0.29) is 24.1 Å². The lowest BCUT2D eigenvalue weighted by atomic mass is 9.95. The normalized spacial score (nSPS) is 19.8. The van der Waals surface area contributed by atoms with Crippen LogP contribution in [0.1, 0.15) is 50.4 Å². The number of rotatable bonds is 12. The van der Waals surface area contributed by atoms with E-state index >= 15 is 0 Å². The van der Waals surface area contributed by atoms with Crippen molar-refractivity contribution in [1.82, 2.24) is 34.7 Å². The lowest BCUT2D eigenvalue weighted by molar-refractivity contribution is -0.131. The Morgan fingerprint density at radius 2 is 1.80 bits per heavy atom. The predicted molar refractivity (Wildman–Crippen MR) is 223 cm³/mol. The number of nitrogens with one attached hydrogen (secondary N) is 2. The quantitative estimate of drug-likeness (QED) is 0.204. The van der Waals surface area contributed by atoms with Gasteiger partial charge in [0.2, 0.25) is 11.7 Å². The van der Waals surface area contributed by atoms with Gasteiger partial charge in [0.15, 0.2) is 0 Å². The number of thioether (sulfide) groups is 1. The number of carboxylic acids is 1. The predicted octanol–water partition coefficient (Wildman–Crippen LogP) is 5.51. The maximum absolute atomic E-state index is 13.6. The van der Waals surface area contributed by atoms with Crippen LogP contribution in [-0.4, -0.2) is 130 Å². The third-order valence-electron chi connectivity index (χ3n) is 11.1. The molecule has 3 N–H and O–H groups in total. The van der Waals surface area contributed by atoms with Gasteiger partial charge >= 0.3 is 17.4 Å². The molecule has 55 heavy (non-hydrogen) atoms. The number of carbonyl (C=O) groups excluding carboxylic acids is 1. The number of aromatic carboxylic acids is 1. The summed E-state index contributed by atoms with van der Waals surface area (Å²) in [4.78, 5) is 37.4. The zero-order chi connectivity index (χ0) is 38.8. The van der Waals surface area contributed by atoms with Crippen LogP contribution in [0.25, 0.3) is 22.0 Å². The number of piperidine rings is 1. The van der Waals surface area contributed by atoms with Crippen LogP contribution < -0.4 is 14.8 Å². The largest absolute Gasteiger partial charge is 0.492 e. The molecule has 7 rings (SSSR count). The Bertz CT molecular complexity index is 2110. The van der Waals surface area contributed by atoms with Gasteiger partial charge in [-0.05, 0) is 74.3 Å². The molecule has 1 amide bonds. The van der Waals surface area contributed by atoms with Crippen molar-refractivity contribution in [3.05, 3.63) is 75.9 Å². The standard InChI is InChI=1S/C41H49ClN8O4S/c1-25(2)38-26(3)44-36(39-46-45-27(4)50(39)40(38)55-5)22-37(51)49-12-10-28(11-13-49)24-48-16-14-47(15-17-48)18-19-54-30-8-6-29(7-9-30)31-20-32-33(41(52)53)23-43-35(32)21-34(31)42/h6-9,20-21,23,27-28,43H,1,10-19,22,24H2,2-5H3,(H,52,53)/p+1. The summed E-state index contributed by atoms with van der Waals surface area (Å²) in [6.45, 7) is 18.4. The number of hydrazone groups is 1. The number of amides is 1. The van der Waals surface area contributed by atoms with E-state index in [9.17, 15) is 14.7 Å². The molecule has 1 atom stereocenters. The van der Waals surface area contributed by atoms with E-state index in [1.165, 1.54) is 6.20 Å². The summed E-state index contributed by atoms with van der Waals surface area (Å²) >= 11 is 8.21. The highest BCUT2D eigenvalue weighted by Gasteiger charge is 2.42. The van der Waals surface area contributed by atoms with Gasteiger partial charge in [-0.25, -0.2) is 4.79 Å². The van der Waals surface area contributed by atoms with E-state index in [1.807, 2.05) is 49.1 Å². The number of carboxylic acid groups (broad SMARTS) is 1. The fourth-order valence-corrected chi connectivity index (χ4v) is 9.30. The Labute approximate surface area is 331 Å². The molecule has 12 nitrogen and oxygen atoms in total. The molecule has 0 saturated carbocycles. The molecule has 290 valence electrons. The summed E-state index contributed by atoms with van der Waals surface area (Å²) in [6, 6.07) is 11.4. The maximum atomic E-state index is 13.6. The van der Waals surface area contributed by atoms with Gasteiger partial charge in [-0.2, -0.15) is 5.10 Å². The summed E-state index contributed by atoms with van der Waals surface area (Å²) in [5.74, 6) is 1.22. The van der Waals surface area contributed by atoms with Crippen molar-refractivity contribution in [3.8, 4) is 16.9 Å². The fourth-order valence-electron chi connectivity index (χ4n) is 8.06. The van der Waals surface area contributed by atoms with Gasteiger partial charge in [0.1, 0.15) is 24.9 Å². The average Bonchev–Trinajstić information content (AvgIpc) is 3.73. The summed E-state index contributed by atoms with van der Waals surface area (Å²) in [5.41, 5.74) is 9.31. The molecule has 1 aromatic heterocycles. The Hall–Kier alpha value is -4.52. The number of piperazine rings is 1. The number of benzene rings is 2. The van der Waals surface area contributed by atoms with E-state index in [0.29, 0.717) is 34.2 Å². The lowest BCUT2D eigenvalue weighted by Crippen LogP contribution is -2.50. The van der Waals surface area contributed by atoms with Crippen molar-refractivity contribution in [2.24, 2.45) is 11.0 Å². The Morgan fingerprint density at radius 3 is 2.47 bits per heavy atom. The highest BCUT2D eigenvalue weighted by Crippen LogP contribution is 2.35. The van der Waals surface area contributed by atoms with Gasteiger partial charge in [0.25, 0.3) is 0 Å². The van der Waals surface area contributed by atoms with Crippen molar-refractivity contribution in [3.63, 3.8) is 0 Å². The third-order valence-corrected chi connectivity index (χ3v) is 12.2. The number of hydrogen-bond acceptors (Lipinski definition) is 9. The van der Waals surface area contributed by atoms with Gasteiger partial charge in [0, 0.05) is 81.9 Å². The molecule has 0 aliphatic carbocycles. The number of likely N-dealkylation sites (tertiary alicyclic amines) is 1. The summed E-state index contributed by atoms with van der Waals surface area (Å²) in [5, 5.41) is 16.4. The number of H-pyrrole nitrogens is 1. The van der Waals surface area contributed by atoms with Gasteiger partial charge in [-0.1, -0.05) is 35.0 Å². The van der Waals surface area contributed by atoms with Crippen LogP contribution >= 0.6 is 23.4 Å². The Balaban J connectivity index is 0.841. The number of aromatic amines is 1. The first-order valence-electron chi connectivity index (χ1n) is 19.0. The maximum Gasteiger partial charge on any atom is 0.357 e. The molecule has 4 aliphatic heterocycles. The minimum absolute atomic E-state index is 0.0358. The van der Waals surface area contributed by atoms with Crippen LogP contribution in [0.4, 0.5) is 0 Å². The lowest BCUT2D eigenvalue weighted by Gasteiger charge is -2.38. The third kappa shape index (κ3) is 8.36. The molecular weight excluding hydrogens is 736 g/mol. The van der Waals surface area contributed by atoms with Crippen molar-refractivity contribution in [2.75, 3.05) is 65.2 Å². The van der Waals surface area contributed by atoms with Crippen LogP contribution in [0.3, 0.4) is 0 Å². The van der Waals surface area contributed by atoms with Crippen molar-refractivity contribution in [1.29, 1.82) is 0 Å². The SMILES string of the molecule is C=C(C)C1=C(SC)N2C(=NNC2C)C(CC(=O)N2CCC(CN3CCN(CCOc4ccc(-c5cc6c(C(=O)O)c[nH]c6cc5Cl)cc4)CC3)CC2)=[N+]=C1C. The van der Waals surface area contributed by atoms with E-state index in [2.05, 4.69) is 50.0 Å². The Morgan fingerprint density at radius 1 is 1.09 bits per heavy atom. The second-order valence-electron chi connectivity index (χ2n) is 14.8. The van der Waals surface area contributed by atoms with Crippen molar-refractivity contribution < 1.29 is 19.4 Å². The molecule has 2 fully saturated rings. The number of ether oxygens (including phenoxy) is 1. The van der Waals surface area contributed by atoms with Crippen LogP contribution in [0, 0.1) is 5.92 Å². The van der Waals surface area contributed by atoms with E-state index < -0.39 is 5.97 Å². The second kappa shape index (κ2) is 16.7. The number of allylic oxidation sites excluding steroid dienone is 2. The van der Waals surface area contributed by atoms with Crippen LogP contribution in [0.15, 0.2) is 70.5 Å². The highest BCUT2D eigenvalue weighted by molar-refractivity contribution is 8.02. The summed E-state index contributed by atoms with van der Waals surface area (Å²) in [7, 11) is 0. The monoisotopic (exact) mass is 785 g/mol. The first-order chi connectivity index (χ1) is 26.5. The second-order valence-corrected chi connectivity index (χ2v) is 16.0. The van der Waals surface area contributed by atoms with Crippen LogP contribution in [0.2, 0.25) is 5.02 Å². The molecule has 2 saturated heterocycles. The molecule has 2 aromatic carbocycles. The molecule has 5 heterocycles. The Kier molecular flexibility index (Phi) is 11.8. The smallest absolute Gasteiger partial charge is 0.357 e. The van der Waals surface area contributed by atoms with Crippen LogP contribution in [0.5, 0.6) is 5.75 Å². The van der Waals surface area contributed by atoms with Gasteiger partial charge < -0.3 is 24.6 Å². The van der Waals surface area contributed by atoms with E-state index in [0.717, 1.165) is 110 Å². The zero-order valence-electron chi connectivity index (χ0n) is 32.0. The zero-order valence-corrected chi connectivity index (χ0v) is 33.6. The van der Waals surface area contributed by atoms with Crippen molar-refractivity contribution >= 4 is 63.4 Å². The average molecular weight is 786 g/mol. The topological polar surface area (TPSA) is 131 Å². The molecule has 0 spiro atoms. The number of carbonyl (C=O) groups is 2. The number of nitrogens with zero attached hydrogens (tertiary/aromatic N) is 6. The van der Waals surface area contributed by atoms with Gasteiger partial charge in [-0.3, -0.25) is 20.0 Å². The van der Waals surface area contributed by atoms with Gasteiger partial charge in [-0.15, -0.1) is 11.8 Å². The highest BCUT2D eigenvalue weighted by atomic mass is 35.5. The minimum atomic E-state index is -0.979. The minimum Gasteiger partial charge on any atom is -0.492 e. The molecule has 4 aliphatic rings. The molecule has 14 heteroatoms. The van der Waals surface area contributed by atoms with E-state index in [1.54, 1.807) is 17.8 Å². The molecule has 1 unspecified atom stereocenters. The number of halogens is 1. The number of amidine groups is 1. The molecule has 0 bridgehead atoms. The van der Waals surface area contributed by atoms with E-state index in [4.69, 9.17) is 21.0 Å². The molecular formula is C41H50ClN8O4S+. The first-order valence-corrected chi connectivity index (χ1v) is 20.6. The molecule has 3 aromatic rings. The first kappa shape index (κ1) is 38.7. The summed E-state index contributed by atoms with van der Waals surface area (Å²) in [6.07, 6.45) is 5.76.